The Morgan fingerprint density at radius 3 is 2.56 bits per heavy atom. The van der Waals surface area contributed by atoms with Crippen LogP contribution in [0.15, 0.2) is 29.3 Å². The smallest absolute Gasteiger partial charge is 0.269 e. The number of nitrogens with one attached hydrogen (secondary N) is 1. The van der Waals surface area contributed by atoms with Gasteiger partial charge in [0.2, 0.25) is 0 Å². The van der Waals surface area contributed by atoms with Crippen molar-refractivity contribution in [3.8, 4) is 0 Å². The van der Waals surface area contributed by atoms with Gasteiger partial charge in [0.1, 0.15) is 0 Å². The molecule has 6 nitrogen and oxygen atoms in total. The van der Waals surface area contributed by atoms with Gasteiger partial charge in [-0.15, -0.1) is 24.0 Å². The Hall–Kier alpha value is -1.38. The van der Waals surface area contributed by atoms with Gasteiger partial charge in [-0.2, -0.15) is 0 Å². The van der Waals surface area contributed by atoms with Crippen LogP contribution in [0.4, 0.5) is 5.69 Å². The fourth-order valence-corrected chi connectivity index (χ4v) is 3.96. The lowest BCUT2D eigenvalue weighted by Gasteiger charge is -2.26. The molecule has 0 aromatic heterocycles. The Bertz CT molecular complexity index is 612. The lowest BCUT2D eigenvalue weighted by Crippen LogP contribution is -2.41. The number of nitrogens with zero attached hydrogens (tertiary/aromatic N) is 3. The largest absolute Gasteiger partial charge is 0.357 e. The van der Waals surface area contributed by atoms with Crippen LogP contribution in [0, 0.1) is 15.5 Å². The fourth-order valence-electron chi connectivity index (χ4n) is 3.96. The average Bonchev–Trinajstić information content (AvgIpc) is 3.22. The van der Waals surface area contributed by atoms with Crippen LogP contribution in [-0.4, -0.2) is 35.4 Å². The monoisotopic (exact) mass is 458 g/mol. The summed E-state index contributed by atoms with van der Waals surface area (Å²) in [5.74, 6) is 0.972. The molecule has 0 bridgehead atoms. The number of rotatable bonds is 4. The first-order valence-corrected chi connectivity index (χ1v) is 8.88. The Balaban J connectivity index is 0.00000225. The van der Waals surface area contributed by atoms with Crippen LogP contribution in [-0.2, 0) is 6.54 Å². The Morgan fingerprint density at radius 1 is 1.28 bits per heavy atom. The summed E-state index contributed by atoms with van der Waals surface area (Å²) in [6, 6.07) is 6.66. The van der Waals surface area contributed by atoms with E-state index in [-0.39, 0.29) is 34.6 Å². The molecule has 1 saturated heterocycles. The Labute approximate surface area is 166 Å². The number of nitro groups is 1. The minimum Gasteiger partial charge on any atom is -0.357 e. The van der Waals surface area contributed by atoms with Gasteiger partial charge in [-0.3, -0.25) is 10.1 Å². The number of aliphatic imine (C=N–C) groups is 1. The van der Waals surface area contributed by atoms with E-state index in [4.69, 9.17) is 4.99 Å². The van der Waals surface area contributed by atoms with Crippen molar-refractivity contribution in [2.75, 3.05) is 19.6 Å². The molecular weight excluding hydrogens is 431 g/mol. The second-order valence-electron chi connectivity index (χ2n) is 6.97. The number of halogens is 1. The molecule has 0 radical (unpaired) electrons. The van der Waals surface area contributed by atoms with Crippen molar-refractivity contribution in [1.29, 1.82) is 0 Å². The topological polar surface area (TPSA) is 70.8 Å². The van der Waals surface area contributed by atoms with Gasteiger partial charge in [-0.25, -0.2) is 4.99 Å². The van der Waals surface area contributed by atoms with E-state index in [1.807, 2.05) is 0 Å². The van der Waals surface area contributed by atoms with Gasteiger partial charge in [0.05, 0.1) is 11.5 Å². The normalized spacial score (nSPS) is 19.1. The Morgan fingerprint density at radius 2 is 1.96 bits per heavy atom. The van der Waals surface area contributed by atoms with Gasteiger partial charge in [-0.05, 0) is 37.2 Å². The summed E-state index contributed by atoms with van der Waals surface area (Å²) in [5.41, 5.74) is 1.63. The van der Waals surface area contributed by atoms with Crippen molar-refractivity contribution in [2.45, 2.75) is 45.6 Å². The number of non-ortho nitro benzene ring substituents is 1. The van der Waals surface area contributed by atoms with Crippen LogP contribution in [0.5, 0.6) is 0 Å². The van der Waals surface area contributed by atoms with Crippen LogP contribution in [0.1, 0.15) is 44.6 Å². The zero-order valence-corrected chi connectivity index (χ0v) is 17.1. The summed E-state index contributed by atoms with van der Waals surface area (Å²) in [5, 5.41) is 14.1. The average molecular weight is 458 g/mol. The van der Waals surface area contributed by atoms with E-state index in [0.717, 1.165) is 31.2 Å². The predicted octanol–water partition coefficient (Wildman–Crippen LogP) is 3.94. The van der Waals surface area contributed by atoms with Crippen molar-refractivity contribution in [3.05, 3.63) is 39.9 Å². The number of guanidine groups is 1. The molecular formula is C18H27IN4O2. The van der Waals surface area contributed by atoms with Crippen molar-refractivity contribution >= 4 is 35.6 Å². The Kier molecular flexibility index (Phi) is 7.04. The summed E-state index contributed by atoms with van der Waals surface area (Å²) >= 11 is 0. The number of likely N-dealkylation sites (tertiary alicyclic amines) is 1. The highest BCUT2D eigenvalue weighted by Gasteiger charge is 2.41. The molecule has 1 spiro atoms. The molecule has 1 aromatic carbocycles. The highest BCUT2D eigenvalue weighted by molar-refractivity contribution is 14.0. The molecule has 1 saturated carbocycles. The van der Waals surface area contributed by atoms with Crippen molar-refractivity contribution < 1.29 is 4.92 Å². The van der Waals surface area contributed by atoms with E-state index in [9.17, 15) is 10.1 Å². The molecule has 25 heavy (non-hydrogen) atoms. The maximum Gasteiger partial charge on any atom is 0.269 e. The third kappa shape index (κ3) is 4.83. The van der Waals surface area contributed by atoms with E-state index >= 15 is 0 Å². The third-order valence-corrected chi connectivity index (χ3v) is 5.30. The first kappa shape index (κ1) is 19.9. The lowest BCUT2D eigenvalue weighted by molar-refractivity contribution is -0.384. The SMILES string of the molecule is CCNC(=NCc1ccc([N+](=O)[O-])cc1)N1CCC2(CCCC2)C1.I. The van der Waals surface area contributed by atoms with E-state index in [2.05, 4.69) is 17.1 Å². The fraction of sp³-hybridized carbons (Fsp3) is 0.611. The standard InChI is InChI=1S/C18H26N4O2.HI/c1-2-19-17(21-12-11-18(14-21)9-3-4-10-18)20-13-15-5-7-16(8-6-15)22(23)24;/h5-8H,2-4,9-14H2,1H3,(H,19,20);1H. The number of benzene rings is 1. The molecule has 0 amide bonds. The van der Waals surface area contributed by atoms with Crippen LogP contribution in [0.2, 0.25) is 0 Å². The predicted molar refractivity (Wildman–Crippen MR) is 110 cm³/mol. The van der Waals surface area contributed by atoms with E-state index in [1.54, 1.807) is 24.3 Å². The van der Waals surface area contributed by atoms with Crippen LogP contribution < -0.4 is 5.32 Å². The number of hydrogen-bond acceptors (Lipinski definition) is 3. The van der Waals surface area contributed by atoms with E-state index in [1.165, 1.54) is 32.1 Å². The summed E-state index contributed by atoms with van der Waals surface area (Å²) in [7, 11) is 0. The van der Waals surface area contributed by atoms with Gasteiger partial charge in [0.15, 0.2) is 5.96 Å². The lowest BCUT2D eigenvalue weighted by atomic mass is 9.86. The summed E-state index contributed by atoms with van der Waals surface area (Å²) in [6.07, 6.45) is 6.71. The number of hydrogen-bond donors (Lipinski definition) is 1. The molecule has 0 atom stereocenters. The molecule has 0 unspecified atom stereocenters. The molecule has 1 N–H and O–H groups in total. The van der Waals surface area contributed by atoms with Crippen LogP contribution >= 0.6 is 24.0 Å². The van der Waals surface area contributed by atoms with Crippen molar-refractivity contribution in [2.24, 2.45) is 10.4 Å². The zero-order chi connectivity index (χ0) is 17.0. The molecule has 1 heterocycles. The molecule has 1 aromatic rings. The van der Waals surface area contributed by atoms with E-state index in [0.29, 0.717) is 12.0 Å². The molecule has 1 aliphatic heterocycles. The first-order valence-electron chi connectivity index (χ1n) is 8.88. The van der Waals surface area contributed by atoms with E-state index < -0.39 is 0 Å². The number of nitro benzene ring substituents is 1. The molecule has 138 valence electrons. The summed E-state index contributed by atoms with van der Waals surface area (Å²) < 4.78 is 0. The van der Waals surface area contributed by atoms with Gasteiger partial charge in [-0.1, -0.05) is 25.0 Å². The molecule has 1 aliphatic carbocycles. The summed E-state index contributed by atoms with van der Waals surface area (Å²) in [6.45, 7) is 5.67. The molecule has 2 fully saturated rings. The first-order chi connectivity index (χ1) is 11.6. The van der Waals surface area contributed by atoms with Gasteiger partial charge < -0.3 is 10.2 Å². The minimum atomic E-state index is -0.373. The molecule has 2 aliphatic rings. The summed E-state index contributed by atoms with van der Waals surface area (Å²) in [4.78, 5) is 17.5. The van der Waals surface area contributed by atoms with Crippen molar-refractivity contribution in [3.63, 3.8) is 0 Å². The third-order valence-electron chi connectivity index (χ3n) is 5.30. The quantitative estimate of drug-likeness (QED) is 0.244. The van der Waals surface area contributed by atoms with Crippen molar-refractivity contribution in [1.82, 2.24) is 10.2 Å². The molecule has 7 heteroatoms. The molecule has 3 rings (SSSR count). The van der Waals surface area contributed by atoms with Crippen LogP contribution in [0.25, 0.3) is 0 Å². The van der Waals surface area contributed by atoms with Gasteiger partial charge in [0.25, 0.3) is 5.69 Å². The highest BCUT2D eigenvalue weighted by Crippen LogP contribution is 2.45. The van der Waals surface area contributed by atoms with Gasteiger partial charge in [0, 0.05) is 31.8 Å². The maximum absolute atomic E-state index is 10.7. The van der Waals surface area contributed by atoms with Gasteiger partial charge >= 0.3 is 0 Å². The van der Waals surface area contributed by atoms with Crippen LogP contribution in [0.3, 0.4) is 0 Å². The minimum absolute atomic E-state index is 0. The zero-order valence-electron chi connectivity index (χ0n) is 14.7. The highest BCUT2D eigenvalue weighted by atomic mass is 127. The second kappa shape index (κ2) is 8.82. The second-order valence-corrected chi connectivity index (χ2v) is 6.97. The maximum atomic E-state index is 10.7.